The van der Waals surface area contributed by atoms with Gasteiger partial charge in [-0.1, -0.05) is 30.3 Å². The summed E-state index contributed by atoms with van der Waals surface area (Å²) >= 11 is 0. The number of methoxy groups -OCH3 is 1. The van der Waals surface area contributed by atoms with E-state index in [1.807, 2.05) is 18.2 Å². The first-order chi connectivity index (χ1) is 6.72. The maximum atomic E-state index is 11.0. The average molecular weight is 211 g/mol. The van der Waals surface area contributed by atoms with Gasteiger partial charge in [-0.15, -0.1) is 0 Å². The number of carbonyl (C=O) groups excluding carboxylic acids is 1. The predicted molar refractivity (Wildman–Crippen MR) is 60.3 cm³/mol. The predicted octanol–water partition coefficient (Wildman–Crippen LogP) is 1.61. The molecule has 0 spiro atoms. The standard InChI is InChI=1S/C11H15O2S/c1-13-11(12)9-14(2)8-10-6-4-3-5-7-10/h3-7H,8-9H2,1-2H3/q+1. The van der Waals surface area contributed by atoms with Crippen molar-refractivity contribution in [1.29, 1.82) is 0 Å². The number of esters is 1. The van der Waals surface area contributed by atoms with E-state index in [0.29, 0.717) is 5.75 Å². The van der Waals surface area contributed by atoms with Crippen LogP contribution in [0, 0.1) is 0 Å². The molecular weight excluding hydrogens is 196 g/mol. The maximum Gasteiger partial charge on any atom is 0.355 e. The molecule has 0 aliphatic heterocycles. The molecule has 0 saturated carbocycles. The van der Waals surface area contributed by atoms with Crippen LogP contribution in [0.4, 0.5) is 0 Å². The molecule has 1 rings (SSSR count). The summed E-state index contributed by atoms with van der Waals surface area (Å²) in [6, 6.07) is 10.2. The number of hydrogen-bond acceptors (Lipinski definition) is 2. The first-order valence-corrected chi connectivity index (χ1v) is 6.39. The van der Waals surface area contributed by atoms with E-state index in [2.05, 4.69) is 23.1 Å². The lowest BCUT2D eigenvalue weighted by atomic mass is 10.2. The van der Waals surface area contributed by atoms with Gasteiger partial charge in [0.15, 0.2) is 0 Å². The molecule has 0 saturated heterocycles. The zero-order valence-corrected chi connectivity index (χ0v) is 9.34. The Morgan fingerprint density at radius 2 is 2.00 bits per heavy atom. The van der Waals surface area contributed by atoms with Crippen LogP contribution in [0.15, 0.2) is 30.3 Å². The summed E-state index contributed by atoms with van der Waals surface area (Å²) < 4.78 is 4.63. The van der Waals surface area contributed by atoms with Gasteiger partial charge < -0.3 is 4.74 Å². The third-order valence-electron chi connectivity index (χ3n) is 1.85. The number of rotatable bonds is 4. The van der Waals surface area contributed by atoms with Gasteiger partial charge in [0.2, 0.25) is 5.75 Å². The summed E-state index contributed by atoms with van der Waals surface area (Å²) in [5, 5.41) is 0. The van der Waals surface area contributed by atoms with E-state index in [4.69, 9.17) is 0 Å². The van der Waals surface area contributed by atoms with Gasteiger partial charge in [0.1, 0.15) is 5.75 Å². The Balaban J connectivity index is 2.41. The zero-order valence-electron chi connectivity index (χ0n) is 8.53. The summed E-state index contributed by atoms with van der Waals surface area (Å²) in [6.07, 6.45) is 2.09. The van der Waals surface area contributed by atoms with Gasteiger partial charge in [-0.3, -0.25) is 0 Å². The fourth-order valence-electron chi connectivity index (χ4n) is 1.17. The van der Waals surface area contributed by atoms with Crippen LogP contribution >= 0.6 is 0 Å². The molecule has 0 heterocycles. The highest BCUT2D eigenvalue weighted by molar-refractivity contribution is 7.96. The van der Waals surface area contributed by atoms with Gasteiger partial charge in [0, 0.05) is 16.5 Å². The Morgan fingerprint density at radius 3 is 2.57 bits per heavy atom. The lowest BCUT2D eigenvalue weighted by molar-refractivity contribution is -0.137. The summed E-state index contributed by atoms with van der Waals surface area (Å²) in [5.41, 5.74) is 1.28. The van der Waals surface area contributed by atoms with Crippen LogP contribution in [0.25, 0.3) is 0 Å². The Hall–Kier alpha value is -0.960. The minimum Gasteiger partial charge on any atom is -0.466 e. The first kappa shape index (κ1) is 11.1. The first-order valence-electron chi connectivity index (χ1n) is 4.42. The second-order valence-electron chi connectivity index (χ2n) is 3.13. The molecule has 0 bridgehead atoms. The molecule has 0 aliphatic carbocycles. The van der Waals surface area contributed by atoms with Gasteiger partial charge in [0.05, 0.1) is 13.4 Å². The van der Waals surface area contributed by atoms with E-state index >= 15 is 0 Å². The van der Waals surface area contributed by atoms with Crippen molar-refractivity contribution in [3.63, 3.8) is 0 Å². The second-order valence-corrected chi connectivity index (χ2v) is 5.27. The minimum absolute atomic E-state index is 0.0745. The van der Waals surface area contributed by atoms with Crippen LogP contribution < -0.4 is 0 Å². The number of benzene rings is 1. The highest BCUT2D eigenvalue weighted by atomic mass is 32.2. The molecule has 14 heavy (non-hydrogen) atoms. The van der Waals surface area contributed by atoms with Crippen molar-refractivity contribution in [2.75, 3.05) is 19.1 Å². The molecule has 1 aromatic carbocycles. The van der Waals surface area contributed by atoms with Crippen molar-refractivity contribution in [3.05, 3.63) is 35.9 Å². The van der Waals surface area contributed by atoms with Crippen molar-refractivity contribution in [1.82, 2.24) is 0 Å². The largest absolute Gasteiger partial charge is 0.466 e. The van der Waals surface area contributed by atoms with Crippen molar-refractivity contribution < 1.29 is 9.53 Å². The number of carbonyl (C=O) groups is 1. The lowest BCUT2D eigenvalue weighted by Gasteiger charge is -2.02. The molecule has 0 radical (unpaired) electrons. The topological polar surface area (TPSA) is 26.3 Å². The fourth-order valence-corrected chi connectivity index (χ4v) is 2.55. The van der Waals surface area contributed by atoms with E-state index < -0.39 is 0 Å². The van der Waals surface area contributed by atoms with Crippen LogP contribution in [0.5, 0.6) is 0 Å². The van der Waals surface area contributed by atoms with Crippen LogP contribution in [0.2, 0.25) is 0 Å². The Kier molecular flexibility index (Phi) is 4.53. The van der Waals surface area contributed by atoms with E-state index in [9.17, 15) is 4.79 Å². The van der Waals surface area contributed by atoms with E-state index in [0.717, 1.165) is 5.75 Å². The molecule has 0 aromatic heterocycles. The SMILES string of the molecule is COC(=O)C[S+](C)Cc1ccccc1. The fraction of sp³-hybridized carbons (Fsp3) is 0.364. The molecule has 2 nitrogen and oxygen atoms in total. The summed E-state index contributed by atoms with van der Waals surface area (Å²) in [7, 11) is 1.51. The Morgan fingerprint density at radius 1 is 1.36 bits per heavy atom. The van der Waals surface area contributed by atoms with Gasteiger partial charge in [-0.2, -0.15) is 0 Å². The molecule has 0 fully saturated rings. The monoisotopic (exact) mass is 211 g/mol. The quantitative estimate of drug-likeness (QED) is 0.558. The molecule has 1 aromatic rings. The van der Waals surface area contributed by atoms with Crippen molar-refractivity contribution >= 4 is 16.9 Å². The Labute approximate surface area is 87.6 Å². The average Bonchev–Trinajstić information content (AvgIpc) is 2.19. The highest BCUT2D eigenvalue weighted by Gasteiger charge is 2.17. The molecule has 0 N–H and O–H groups in total. The minimum atomic E-state index is -0.119. The second kappa shape index (κ2) is 5.70. The highest BCUT2D eigenvalue weighted by Crippen LogP contribution is 2.06. The molecule has 1 atom stereocenters. The normalized spacial score (nSPS) is 12.1. The van der Waals surface area contributed by atoms with Crippen LogP contribution in [0.3, 0.4) is 0 Å². The molecular formula is C11H15O2S+. The molecule has 0 amide bonds. The van der Waals surface area contributed by atoms with Crippen LogP contribution in [-0.2, 0) is 26.2 Å². The van der Waals surface area contributed by atoms with E-state index in [1.165, 1.54) is 12.7 Å². The number of ether oxygens (including phenoxy) is 1. The summed E-state index contributed by atoms with van der Waals surface area (Å²) in [5.74, 6) is 1.35. The van der Waals surface area contributed by atoms with Crippen molar-refractivity contribution in [3.8, 4) is 0 Å². The Bertz CT molecular complexity index is 285. The lowest BCUT2D eigenvalue weighted by Crippen LogP contribution is -2.17. The van der Waals surface area contributed by atoms with Crippen LogP contribution in [-0.4, -0.2) is 25.1 Å². The molecule has 0 aliphatic rings. The third-order valence-corrected chi connectivity index (χ3v) is 3.40. The van der Waals surface area contributed by atoms with E-state index in [-0.39, 0.29) is 16.9 Å². The molecule has 76 valence electrons. The van der Waals surface area contributed by atoms with Crippen molar-refractivity contribution in [2.45, 2.75) is 5.75 Å². The molecule has 1 unspecified atom stereocenters. The van der Waals surface area contributed by atoms with Gasteiger partial charge in [0.25, 0.3) is 0 Å². The summed E-state index contributed by atoms with van der Waals surface area (Å²) in [4.78, 5) is 11.0. The maximum absolute atomic E-state index is 11.0. The van der Waals surface area contributed by atoms with Gasteiger partial charge in [-0.05, 0) is 0 Å². The van der Waals surface area contributed by atoms with E-state index in [1.54, 1.807) is 0 Å². The smallest absolute Gasteiger partial charge is 0.355 e. The summed E-state index contributed by atoms with van der Waals surface area (Å²) in [6.45, 7) is 0. The van der Waals surface area contributed by atoms with Gasteiger partial charge in [-0.25, -0.2) is 4.79 Å². The third kappa shape index (κ3) is 3.83. The zero-order chi connectivity index (χ0) is 10.4. The number of hydrogen-bond donors (Lipinski definition) is 0. The molecule has 3 heteroatoms. The van der Waals surface area contributed by atoms with Crippen LogP contribution in [0.1, 0.15) is 5.56 Å². The van der Waals surface area contributed by atoms with Gasteiger partial charge >= 0.3 is 5.97 Å². The van der Waals surface area contributed by atoms with Crippen molar-refractivity contribution in [2.24, 2.45) is 0 Å².